The van der Waals surface area contributed by atoms with Gasteiger partial charge in [0.1, 0.15) is 5.75 Å². The van der Waals surface area contributed by atoms with Gasteiger partial charge in [0.15, 0.2) is 0 Å². The van der Waals surface area contributed by atoms with Crippen LogP contribution in [0.2, 0.25) is 5.02 Å². The summed E-state index contributed by atoms with van der Waals surface area (Å²) in [6.07, 6.45) is 4.68. The summed E-state index contributed by atoms with van der Waals surface area (Å²) in [6.45, 7) is 2.65. The summed E-state index contributed by atoms with van der Waals surface area (Å²) in [5.41, 5.74) is 0.501. The molecule has 0 atom stereocenters. The van der Waals surface area contributed by atoms with E-state index >= 15 is 0 Å². The van der Waals surface area contributed by atoms with Crippen molar-refractivity contribution in [3.05, 3.63) is 28.8 Å². The molecule has 0 aliphatic heterocycles. The Labute approximate surface area is 142 Å². The number of methoxy groups -OCH3 is 1. The molecule has 1 aliphatic carbocycles. The van der Waals surface area contributed by atoms with E-state index in [0.29, 0.717) is 36.0 Å². The van der Waals surface area contributed by atoms with Gasteiger partial charge in [0, 0.05) is 31.8 Å². The first-order valence-electron chi connectivity index (χ1n) is 8.15. The second kappa shape index (κ2) is 9.75. The van der Waals surface area contributed by atoms with Crippen molar-refractivity contribution in [2.45, 2.75) is 31.8 Å². The third-order valence-corrected chi connectivity index (χ3v) is 4.09. The second-order valence-corrected chi connectivity index (χ2v) is 6.10. The monoisotopic (exact) mass is 340 g/mol. The van der Waals surface area contributed by atoms with Crippen molar-refractivity contribution in [1.82, 2.24) is 10.6 Å². The van der Waals surface area contributed by atoms with Gasteiger partial charge in [0.25, 0.3) is 5.91 Å². The summed E-state index contributed by atoms with van der Waals surface area (Å²) in [4.78, 5) is 12.4. The molecule has 2 N–H and O–H groups in total. The molecule has 1 aromatic carbocycles. The van der Waals surface area contributed by atoms with Gasteiger partial charge in [-0.1, -0.05) is 11.6 Å². The molecular weight excluding hydrogens is 316 g/mol. The van der Waals surface area contributed by atoms with E-state index in [-0.39, 0.29) is 12.0 Å². The SMILES string of the molecule is COCCNCCNC(=O)c1cc(Cl)ccc1OC1CCCC1. The van der Waals surface area contributed by atoms with Crippen molar-refractivity contribution in [1.29, 1.82) is 0 Å². The first-order valence-corrected chi connectivity index (χ1v) is 8.52. The minimum absolute atomic E-state index is 0.158. The molecular formula is C17H25ClN2O3. The highest BCUT2D eigenvalue weighted by molar-refractivity contribution is 6.31. The zero-order valence-electron chi connectivity index (χ0n) is 13.6. The Hall–Kier alpha value is -1.30. The number of rotatable bonds is 9. The maximum absolute atomic E-state index is 12.4. The highest BCUT2D eigenvalue weighted by atomic mass is 35.5. The molecule has 0 bridgehead atoms. The topological polar surface area (TPSA) is 59.6 Å². The van der Waals surface area contributed by atoms with E-state index in [2.05, 4.69) is 10.6 Å². The molecule has 1 aliphatic rings. The van der Waals surface area contributed by atoms with Crippen LogP contribution in [-0.4, -0.2) is 45.4 Å². The number of carbonyl (C=O) groups excluding carboxylic acids is 1. The Morgan fingerprint density at radius 3 is 2.78 bits per heavy atom. The number of nitrogens with one attached hydrogen (secondary N) is 2. The summed E-state index contributed by atoms with van der Waals surface area (Å²) in [6, 6.07) is 5.21. The lowest BCUT2D eigenvalue weighted by atomic mass is 10.1. The van der Waals surface area contributed by atoms with Crippen LogP contribution in [0.4, 0.5) is 0 Å². The third kappa shape index (κ3) is 6.01. The van der Waals surface area contributed by atoms with Crippen molar-refractivity contribution in [3.8, 4) is 5.75 Å². The first-order chi connectivity index (χ1) is 11.2. The molecule has 128 valence electrons. The van der Waals surface area contributed by atoms with Crippen molar-refractivity contribution in [2.24, 2.45) is 0 Å². The minimum Gasteiger partial charge on any atom is -0.490 e. The smallest absolute Gasteiger partial charge is 0.255 e. The number of hydrogen-bond acceptors (Lipinski definition) is 4. The van der Waals surface area contributed by atoms with E-state index in [0.717, 1.165) is 19.4 Å². The predicted octanol–water partition coefficient (Wildman–Crippen LogP) is 2.63. The molecule has 6 heteroatoms. The number of amides is 1. The third-order valence-electron chi connectivity index (χ3n) is 3.85. The van der Waals surface area contributed by atoms with Crippen LogP contribution in [0.3, 0.4) is 0 Å². The molecule has 0 radical (unpaired) electrons. The van der Waals surface area contributed by atoms with Gasteiger partial charge in [0.2, 0.25) is 0 Å². The molecule has 1 fully saturated rings. The lowest BCUT2D eigenvalue weighted by Gasteiger charge is -2.16. The highest BCUT2D eigenvalue weighted by Gasteiger charge is 2.20. The zero-order chi connectivity index (χ0) is 16.5. The molecule has 1 aromatic rings. The van der Waals surface area contributed by atoms with Gasteiger partial charge >= 0.3 is 0 Å². The molecule has 0 heterocycles. The second-order valence-electron chi connectivity index (χ2n) is 5.66. The summed E-state index contributed by atoms with van der Waals surface area (Å²) >= 11 is 6.03. The van der Waals surface area contributed by atoms with Crippen molar-refractivity contribution in [3.63, 3.8) is 0 Å². The van der Waals surface area contributed by atoms with E-state index < -0.39 is 0 Å². The highest BCUT2D eigenvalue weighted by Crippen LogP contribution is 2.28. The van der Waals surface area contributed by atoms with Crippen LogP contribution in [0.25, 0.3) is 0 Å². The number of hydrogen-bond donors (Lipinski definition) is 2. The predicted molar refractivity (Wildman–Crippen MR) is 91.4 cm³/mol. The summed E-state index contributed by atoms with van der Waals surface area (Å²) in [5, 5.41) is 6.60. The Morgan fingerprint density at radius 2 is 2.04 bits per heavy atom. The Morgan fingerprint density at radius 1 is 1.26 bits per heavy atom. The van der Waals surface area contributed by atoms with E-state index in [1.165, 1.54) is 12.8 Å². The average molecular weight is 341 g/mol. The lowest BCUT2D eigenvalue weighted by molar-refractivity contribution is 0.0946. The van der Waals surface area contributed by atoms with E-state index in [1.54, 1.807) is 25.3 Å². The van der Waals surface area contributed by atoms with Crippen molar-refractivity contribution >= 4 is 17.5 Å². The summed E-state index contributed by atoms with van der Waals surface area (Å²) < 4.78 is 10.9. The van der Waals surface area contributed by atoms with Gasteiger partial charge < -0.3 is 20.1 Å². The van der Waals surface area contributed by atoms with E-state index in [1.807, 2.05) is 0 Å². The van der Waals surface area contributed by atoms with Crippen LogP contribution < -0.4 is 15.4 Å². The van der Waals surface area contributed by atoms with Crippen LogP contribution in [-0.2, 0) is 4.74 Å². The first kappa shape index (κ1) is 18.0. The Kier molecular flexibility index (Phi) is 7.65. The number of ether oxygens (including phenoxy) is 2. The fraction of sp³-hybridized carbons (Fsp3) is 0.588. The fourth-order valence-corrected chi connectivity index (χ4v) is 2.80. The molecule has 1 saturated carbocycles. The van der Waals surface area contributed by atoms with E-state index in [9.17, 15) is 4.79 Å². The van der Waals surface area contributed by atoms with Crippen LogP contribution in [0.5, 0.6) is 5.75 Å². The Bertz CT molecular complexity index is 505. The van der Waals surface area contributed by atoms with Gasteiger partial charge in [-0.3, -0.25) is 4.79 Å². The average Bonchev–Trinajstić information content (AvgIpc) is 3.05. The van der Waals surface area contributed by atoms with Gasteiger partial charge in [-0.05, 0) is 43.9 Å². The van der Waals surface area contributed by atoms with Gasteiger partial charge in [0.05, 0.1) is 18.3 Å². The molecule has 23 heavy (non-hydrogen) atoms. The standard InChI is InChI=1S/C17H25ClN2O3/c1-22-11-10-19-8-9-20-17(21)15-12-13(18)6-7-16(15)23-14-4-2-3-5-14/h6-7,12,14,19H,2-5,8-11H2,1H3,(H,20,21). The van der Waals surface area contributed by atoms with Gasteiger partial charge in [-0.25, -0.2) is 0 Å². The lowest BCUT2D eigenvalue weighted by Crippen LogP contribution is -2.33. The molecule has 1 amide bonds. The molecule has 0 aromatic heterocycles. The van der Waals surface area contributed by atoms with Gasteiger partial charge in [-0.2, -0.15) is 0 Å². The molecule has 0 unspecified atom stereocenters. The van der Waals surface area contributed by atoms with Crippen LogP contribution in [0.15, 0.2) is 18.2 Å². The molecule has 2 rings (SSSR count). The number of benzene rings is 1. The maximum Gasteiger partial charge on any atom is 0.255 e. The minimum atomic E-state index is -0.158. The van der Waals surface area contributed by atoms with Crippen LogP contribution in [0, 0.1) is 0 Å². The van der Waals surface area contributed by atoms with Crippen molar-refractivity contribution < 1.29 is 14.3 Å². The Balaban J connectivity index is 1.88. The number of carbonyl (C=O) groups is 1. The zero-order valence-corrected chi connectivity index (χ0v) is 14.3. The van der Waals surface area contributed by atoms with Crippen molar-refractivity contribution in [2.75, 3.05) is 33.4 Å². The molecule has 5 nitrogen and oxygen atoms in total. The van der Waals surface area contributed by atoms with Crippen LogP contribution in [0.1, 0.15) is 36.0 Å². The summed E-state index contributed by atoms with van der Waals surface area (Å²) in [7, 11) is 1.66. The van der Waals surface area contributed by atoms with Gasteiger partial charge in [-0.15, -0.1) is 0 Å². The fourth-order valence-electron chi connectivity index (χ4n) is 2.63. The number of halogens is 1. The normalized spacial score (nSPS) is 14.9. The molecule has 0 spiro atoms. The van der Waals surface area contributed by atoms with E-state index in [4.69, 9.17) is 21.1 Å². The van der Waals surface area contributed by atoms with Crippen LogP contribution >= 0.6 is 11.6 Å². The molecule has 0 saturated heterocycles. The maximum atomic E-state index is 12.4. The summed E-state index contributed by atoms with van der Waals surface area (Å²) in [5.74, 6) is 0.459. The largest absolute Gasteiger partial charge is 0.490 e. The quantitative estimate of drug-likeness (QED) is 0.678.